The minimum atomic E-state index is -0.678. The number of ether oxygens (including phenoxy) is 3. The number of para-hydroxylation sites is 1. The number of hydrogen-bond acceptors (Lipinski definition) is 7. The molecule has 0 radical (unpaired) electrons. The third-order valence-electron chi connectivity index (χ3n) is 6.27. The molecule has 2 heterocycles. The summed E-state index contributed by atoms with van der Waals surface area (Å²) < 4.78 is 16.2. The Morgan fingerprint density at radius 2 is 1.71 bits per heavy atom. The van der Waals surface area contributed by atoms with E-state index in [9.17, 15) is 9.59 Å². The number of anilines is 1. The second kappa shape index (κ2) is 11.1. The lowest BCUT2D eigenvalue weighted by Crippen LogP contribution is -2.51. The average Bonchev–Trinajstić information content (AvgIpc) is 2.89. The molecule has 1 fully saturated rings. The molecule has 2 N–H and O–H groups in total. The van der Waals surface area contributed by atoms with E-state index >= 15 is 0 Å². The Morgan fingerprint density at radius 3 is 2.37 bits per heavy atom. The van der Waals surface area contributed by atoms with Gasteiger partial charge in [0.25, 0.3) is 0 Å². The lowest BCUT2D eigenvalue weighted by atomic mass is 9.94. The Hall–Kier alpha value is -3.72. The zero-order chi connectivity index (χ0) is 24.8. The number of carbonyl (C=O) groups is 2. The first-order chi connectivity index (χ1) is 17.0. The summed E-state index contributed by atoms with van der Waals surface area (Å²) in [5.74, 6) is 0.618. The summed E-state index contributed by atoms with van der Waals surface area (Å²) in [6.07, 6.45) is 0. The van der Waals surface area contributed by atoms with Gasteiger partial charge in [-0.25, -0.2) is 9.59 Å². The smallest absolute Gasteiger partial charge is 0.338 e. The molecule has 4 rings (SSSR count). The summed E-state index contributed by atoms with van der Waals surface area (Å²) in [7, 11) is 3.11. The summed E-state index contributed by atoms with van der Waals surface area (Å²) in [4.78, 5) is 30.3. The first-order valence-electron chi connectivity index (χ1n) is 11.8. The number of piperazine rings is 1. The van der Waals surface area contributed by atoms with E-state index in [1.54, 1.807) is 33.3 Å². The maximum absolute atomic E-state index is 13.1. The molecule has 2 aromatic carbocycles. The van der Waals surface area contributed by atoms with Gasteiger partial charge in [0.2, 0.25) is 0 Å². The second-order valence-electron chi connectivity index (χ2n) is 8.36. The van der Waals surface area contributed by atoms with Gasteiger partial charge in [-0.2, -0.15) is 0 Å². The molecule has 0 saturated carbocycles. The third-order valence-corrected chi connectivity index (χ3v) is 6.27. The molecule has 2 amide bonds. The van der Waals surface area contributed by atoms with E-state index in [-0.39, 0.29) is 12.6 Å². The van der Waals surface area contributed by atoms with Gasteiger partial charge in [-0.05, 0) is 36.8 Å². The predicted octanol–water partition coefficient (Wildman–Crippen LogP) is 2.70. The van der Waals surface area contributed by atoms with Gasteiger partial charge >= 0.3 is 12.0 Å². The number of nitrogens with one attached hydrogen (secondary N) is 2. The van der Waals surface area contributed by atoms with Crippen molar-refractivity contribution in [3.8, 4) is 11.5 Å². The van der Waals surface area contributed by atoms with Gasteiger partial charge in [0.1, 0.15) is 0 Å². The highest BCUT2D eigenvalue weighted by Gasteiger charge is 2.35. The van der Waals surface area contributed by atoms with Gasteiger partial charge in [0.15, 0.2) is 11.5 Å². The second-order valence-corrected chi connectivity index (χ2v) is 8.36. The highest BCUT2D eigenvalue weighted by atomic mass is 16.5. The molecule has 9 nitrogen and oxygen atoms in total. The zero-order valence-electron chi connectivity index (χ0n) is 20.4. The Labute approximate surface area is 205 Å². The summed E-state index contributed by atoms with van der Waals surface area (Å²) in [6, 6.07) is 14.6. The van der Waals surface area contributed by atoms with Gasteiger partial charge in [-0.1, -0.05) is 24.3 Å². The van der Waals surface area contributed by atoms with Crippen molar-refractivity contribution in [1.82, 2.24) is 15.5 Å². The van der Waals surface area contributed by atoms with E-state index in [2.05, 4.69) is 32.6 Å². The molecule has 2 aliphatic rings. The topological polar surface area (TPSA) is 92.4 Å². The molecule has 0 aromatic heterocycles. The van der Waals surface area contributed by atoms with Crippen LogP contribution in [0.1, 0.15) is 18.5 Å². The van der Waals surface area contributed by atoms with E-state index in [0.29, 0.717) is 34.9 Å². The summed E-state index contributed by atoms with van der Waals surface area (Å²) in [5, 5.41) is 5.74. The van der Waals surface area contributed by atoms with Crippen LogP contribution in [0.25, 0.3) is 0 Å². The maximum Gasteiger partial charge on any atom is 0.338 e. The van der Waals surface area contributed by atoms with E-state index in [4.69, 9.17) is 14.2 Å². The van der Waals surface area contributed by atoms with Gasteiger partial charge in [0.05, 0.1) is 32.4 Å². The molecule has 0 spiro atoms. The Morgan fingerprint density at radius 1 is 1.00 bits per heavy atom. The van der Waals surface area contributed by atoms with Crippen molar-refractivity contribution in [2.75, 3.05) is 58.5 Å². The van der Waals surface area contributed by atoms with Gasteiger partial charge < -0.3 is 29.7 Å². The number of esters is 1. The predicted molar refractivity (Wildman–Crippen MR) is 133 cm³/mol. The number of urea groups is 1. The lowest BCUT2D eigenvalue weighted by molar-refractivity contribution is -0.139. The van der Waals surface area contributed by atoms with Crippen molar-refractivity contribution in [3.05, 3.63) is 65.4 Å². The molecule has 1 atom stereocenters. The monoisotopic (exact) mass is 480 g/mol. The number of methoxy groups -OCH3 is 2. The highest BCUT2D eigenvalue weighted by molar-refractivity contribution is 5.95. The van der Waals surface area contributed by atoms with Crippen molar-refractivity contribution in [1.29, 1.82) is 0 Å². The van der Waals surface area contributed by atoms with Crippen molar-refractivity contribution in [2.45, 2.75) is 13.0 Å². The van der Waals surface area contributed by atoms with Crippen LogP contribution < -0.4 is 25.0 Å². The molecule has 2 aromatic rings. The van der Waals surface area contributed by atoms with Crippen LogP contribution in [0.3, 0.4) is 0 Å². The average molecular weight is 481 g/mol. The lowest BCUT2D eigenvalue weighted by Gasteiger charge is -2.38. The number of carbonyl (C=O) groups excluding carboxylic acids is 2. The normalized spacial score (nSPS) is 18.5. The zero-order valence-corrected chi connectivity index (χ0v) is 20.4. The molecule has 35 heavy (non-hydrogen) atoms. The molecule has 1 saturated heterocycles. The van der Waals surface area contributed by atoms with Gasteiger partial charge in [-0.15, -0.1) is 0 Å². The molecule has 0 bridgehead atoms. The molecule has 2 aliphatic heterocycles. The van der Waals surface area contributed by atoms with Crippen LogP contribution in [0.15, 0.2) is 59.8 Å². The standard InChI is InChI=1S/C26H32N4O5/c1-4-35-25(31)23-20(17-29-12-14-30(15-13-29)19-8-6-5-7-9-19)27-26(32)28-24(23)18-10-11-21(33-2)22(16-18)34-3/h5-11,16,24H,4,12-15,17H2,1-3H3,(H2,27,28,32)/t24-/m1/s1. The summed E-state index contributed by atoms with van der Waals surface area (Å²) in [6.45, 7) is 5.76. The Bertz CT molecular complexity index is 1080. The van der Waals surface area contributed by atoms with Crippen LogP contribution in [0.4, 0.5) is 10.5 Å². The fourth-order valence-corrected chi connectivity index (χ4v) is 4.50. The Kier molecular flexibility index (Phi) is 7.77. The van der Waals surface area contributed by atoms with E-state index < -0.39 is 12.0 Å². The number of rotatable bonds is 8. The van der Waals surface area contributed by atoms with Crippen LogP contribution in [-0.4, -0.2) is 70.5 Å². The largest absolute Gasteiger partial charge is 0.493 e. The van der Waals surface area contributed by atoms with Crippen molar-refractivity contribution >= 4 is 17.7 Å². The van der Waals surface area contributed by atoms with Gasteiger partial charge in [-0.3, -0.25) is 4.90 Å². The third kappa shape index (κ3) is 5.51. The van der Waals surface area contributed by atoms with E-state index in [1.807, 2.05) is 24.3 Å². The van der Waals surface area contributed by atoms with Gasteiger partial charge in [0, 0.05) is 44.1 Å². The van der Waals surface area contributed by atoms with Crippen LogP contribution in [-0.2, 0) is 9.53 Å². The first-order valence-corrected chi connectivity index (χ1v) is 11.8. The van der Waals surface area contributed by atoms with E-state index in [1.165, 1.54) is 5.69 Å². The molecule has 0 aliphatic carbocycles. The number of nitrogens with zero attached hydrogens (tertiary/aromatic N) is 2. The van der Waals surface area contributed by atoms with E-state index in [0.717, 1.165) is 26.2 Å². The minimum absolute atomic E-state index is 0.234. The molecular weight excluding hydrogens is 448 g/mol. The number of hydrogen-bond donors (Lipinski definition) is 2. The molecule has 0 unspecified atom stereocenters. The fraction of sp³-hybridized carbons (Fsp3) is 0.385. The summed E-state index contributed by atoms with van der Waals surface area (Å²) in [5.41, 5.74) is 2.85. The fourth-order valence-electron chi connectivity index (χ4n) is 4.50. The Balaban J connectivity index is 1.60. The maximum atomic E-state index is 13.1. The van der Waals surface area contributed by atoms with Crippen LogP contribution >= 0.6 is 0 Å². The molecule has 9 heteroatoms. The number of benzene rings is 2. The minimum Gasteiger partial charge on any atom is -0.493 e. The highest BCUT2D eigenvalue weighted by Crippen LogP contribution is 2.34. The SMILES string of the molecule is CCOC(=O)C1=C(CN2CCN(c3ccccc3)CC2)NC(=O)N[C@@H]1c1ccc(OC)c(OC)c1. The molecular formula is C26H32N4O5. The van der Waals surface area contributed by atoms with Crippen LogP contribution in [0.5, 0.6) is 11.5 Å². The van der Waals surface area contributed by atoms with Crippen molar-refractivity contribution < 1.29 is 23.8 Å². The van der Waals surface area contributed by atoms with Crippen LogP contribution in [0, 0.1) is 0 Å². The van der Waals surface area contributed by atoms with Crippen LogP contribution in [0.2, 0.25) is 0 Å². The van der Waals surface area contributed by atoms with Crippen molar-refractivity contribution in [2.24, 2.45) is 0 Å². The van der Waals surface area contributed by atoms with Crippen molar-refractivity contribution in [3.63, 3.8) is 0 Å². The summed E-state index contributed by atoms with van der Waals surface area (Å²) >= 11 is 0. The quantitative estimate of drug-likeness (QED) is 0.562. The molecule has 186 valence electrons. The number of amides is 2. The first kappa shape index (κ1) is 24.4.